The fourth-order valence-electron chi connectivity index (χ4n) is 4.61. The van der Waals surface area contributed by atoms with Crippen molar-refractivity contribution in [3.05, 3.63) is 41.3 Å². The lowest BCUT2D eigenvalue weighted by atomic mass is 9.76. The molecule has 25 heavy (non-hydrogen) atoms. The Morgan fingerprint density at radius 1 is 1.32 bits per heavy atom. The van der Waals surface area contributed by atoms with Crippen LogP contribution in [0.25, 0.3) is 10.9 Å². The standard InChI is InChI=1S/C20H23FN2O2/c1-13-10-16(15-11-14(21)5-6-17(15)22-13)19(25)23-9-3-8-20(12-23)7-2-4-18(20)24/h5-6,10-11,18,24H,2-4,7-9,12H2,1H3/t18-,20+/m1/s1. The number of carbonyl (C=O) groups excluding carboxylic acids is 1. The maximum atomic E-state index is 13.7. The first-order valence-electron chi connectivity index (χ1n) is 9.03. The van der Waals surface area contributed by atoms with Crippen LogP contribution < -0.4 is 0 Å². The Bertz CT molecular complexity index is 838. The topological polar surface area (TPSA) is 53.4 Å². The lowest BCUT2D eigenvalue weighted by molar-refractivity contribution is -0.00529. The number of halogens is 1. The van der Waals surface area contributed by atoms with E-state index in [0.717, 1.165) is 37.8 Å². The second-order valence-corrected chi connectivity index (χ2v) is 7.57. The minimum atomic E-state index is -0.367. The average molecular weight is 342 g/mol. The van der Waals surface area contributed by atoms with Gasteiger partial charge in [0, 0.05) is 29.6 Å². The van der Waals surface area contributed by atoms with Gasteiger partial charge in [0.2, 0.25) is 0 Å². The molecule has 2 atom stereocenters. The van der Waals surface area contributed by atoms with E-state index in [-0.39, 0.29) is 23.2 Å². The molecule has 0 unspecified atom stereocenters. The number of aryl methyl sites for hydroxylation is 1. The molecule has 2 aromatic rings. The zero-order chi connectivity index (χ0) is 17.6. The molecule has 1 amide bonds. The van der Waals surface area contributed by atoms with Gasteiger partial charge < -0.3 is 10.0 Å². The van der Waals surface area contributed by atoms with Crippen molar-refractivity contribution in [3.8, 4) is 0 Å². The van der Waals surface area contributed by atoms with Gasteiger partial charge in [0.15, 0.2) is 0 Å². The first kappa shape index (κ1) is 16.5. The van der Waals surface area contributed by atoms with E-state index < -0.39 is 0 Å². The first-order valence-corrected chi connectivity index (χ1v) is 9.03. The highest BCUT2D eigenvalue weighted by atomic mass is 19.1. The lowest BCUT2D eigenvalue weighted by Gasteiger charge is -2.42. The van der Waals surface area contributed by atoms with Crippen LogP contribution in [0.5, 0.6) is 0 Å². The van der Waals surface area contributed by atoms with Crippen LogP contribution >= 0.6 is 0 Å². The molecule has 2 aliphatic rings. The number of likely N-dealkylation sites (tertiary alicyclic amines) is 1. The van der Waals surface area contributed by atoms with E-state index in [1.807, 2.05) is 11.8 Å². The maximum Gasteiger partial charge on any atom is 0.254 e. The quantitative estimate of drug-likeness (QED) is 0.864. The van der Waals surface area contributed by atoms with E-state index in [9.17, 15) is 14.3 Å². The molecule has 1 aliphatic heterocycles. The van der Waals surface area contributed by atoms with E-state index >= 15 is 0 Å². The molecular formula is C20H23FN2O2. The third-order valence-corrected chi connectivity index (χ3v) is 5.88. The first-order chi connectivity index (χ1) is 12.0. The van der Waals surface area contributed by atoms with Gasteiger partial charge >= 0.3 is 0 Å². The molecule has 4 rings (SSSR count). The predicted octanol–water partition coefficient (Wildman–Crippen LogP) is 3.45. The number of rotatable bonds is 1. The van der Waals surface area contributed by atoms with Crippen molar-refractivity contribution < 1.29 is 14.3 Å². The number of aliphatic hydroxyl groups is 1. The molecule has 0 radical (unpaired) electrons. The fraction of sp³-hybridized carbons (Fsp3) is 0.500. The molecule has 0 bridgehead atoms. The van der Waals surface area contributed by atoms with Gasteiger partial charge in [-0.05, 0) is 56.9 Å². The SMILES string of the molecule is Cc1cc(C(=O)N2CCC[C@@]3(CCC[C@H]3O)C2)c2cc(F)ccc2n1. The summed E-state index contributed by atoms with van der Waals surface area (Å²) < 4.78 is 13.7. The minimum Gasteiger partial charge on any atom is -0.392 e. The average Bonchev–Trinajstić information content (AvgIpc) is 2.94. The summed E-state index contributed by atoms with van der Waals surface area (Å²) in [5.41, 5.74) is 1.73. The smallest absolute Gasteiger partial charge is 0.254 e. The van der Waals surface area contributed by atoms with Gasteiger partial charge in [0.05, 0.1) is 17.2 Å². The Morgan fingerprint density at radius 2 is 2.12 bits per heavy atom. The molecule has 1 aromatic heterocycles. The van der Waals surface area contributed by atoms with Gasteiger partial charge in [0.25, 0.3) is 5.91 Å². The van der Waals surface area contributed by atoms with Gasteiger partial charge in [-0.2, -0.15) is 0 Å². The van der Waals surface area contributed by atoms with Gasteiger partial charge in [-0.25, -0.2) is 4.39 Å². The third kappa shape index (κ3) is 2.80. The molecule has 1 spiro atoms. The zero-order valence-corrected chi connectivity index (χ0v) is 14.5. The molecule has 132 valence electrons. The Morgan fingerprint density at radius 3 is 2.88 bits per heavy atom. The molecule has 1 aliphatic carbocycles. The monoisotopic (exact) mass is 342 g/mol. The number of hydrogen-bond donors (Lipinski definition) is 1. The number of fused-ring (bicyclic) bond motifs is 1. The van der Waals surface area contributed by atoms with Gasteiger partial charge in [-0.3, -0.25) is 9.78 Å². The Labute approximate surface area is 146 Å². The van der Waals surface area contributed by atoms with Crippen molar-refractivity contribution in [3.63, 3.8) is 0 Å². The number of hydrogen-bond acceptors (Lipinski definition) is 3. The molecule has 4 nitrogen and oxygen atoms in total. The van der Waals surface area contributed by atoms with Crippen molar-refractivity contribution in [1.29, 1.82) is 0 Å². The number of aliphatic hydroxyl groups excluding tert-OH is 1. The van der Waals surface area contributed by atoms with Crippen LogP contribution in [-0.2, 0) is 0 Å². The summed E-state index contributed by atoms with van der Waals surface area (Å²) in [6.45, 7) is 3.12. The summed E-state index contributed by atoms with van der Waals surface area (Å²) in [5, 5.41) is 11.0. The summed E-state index contributed by atoms with van der Waals surface area (Å²) in [6.07, 6.45) is 4.37. The number of amides is 1. The summed E-state index contributed by atoms with van der Waals surface area (Å²) in [5.74, 6) is -0.451. The minimum absolute atomic E-state index is 0.0840. The van der Waals surface area contributed by atoms with Gasteiger partial charge in [-0.1, -0.05) is 6.42 Å². The van der Waals surface area contributed by atoms with Crippen molar-refractivity contribution in [2.75, 3.05) is 13.1 Å². The third-order valence-electron chi connectivity index (χ3n) is 5.88. The Hall–Kier alpha value is -2.01. The number of benzene rings is 1. The summed E-state index contributed by atoms with van der Waals surface area (Å²) in [6, 6.07) is 6.12. The van der Waals surface area contributed by atoms with Crippen molar-refractivity contribution >= 4 is 16.8 Å². The van der Waals surface area contributed by atoms with Crippen LogP contribution in [0, 0.1) is 18.2 Å². The molecule has 2 fully saturated rings. The number of piperidine rings is 1. The molecule has 1 saturated carbocycles. The molecule has 1 N–H and O–H groups in total. The predicted molar refractivity (Wildman–Crippen MR) is 93.9 cm³/mol. The Balaban J connectivity index is 1.71. The maximum absolute atomic E-state index is 13.7. The Kier molecular flexibility index (Phi) is 3.99. The summed E-state index contributed by atoms with van der Waals surface area (Å²) >= 11 is 0. The highest BCUT2D eigenvalue weighted by Crippen LogP contribution is 2.45. The van der Waals surface area contributed by atoms with Crippen LogP contribution in [0.1, 0.15) is 48.2 Å². The van der Waals surface area contributed by atoms with E-state index in [4.69, 9.17) is 0 Å². The van der Waals surface area contributed by atoms with Crippen LogP contribution in [0.2, 0.25) is 0 Å². The normalized spacial score (nSPS) is 26.5. The van der Waals surface area contributed by atoms with Crippen molar-refractivity contribution in [1.82, 2.24) is 9.88 Å². The fourth-order valence-corrected chi connectivity index (χ4v) is 4.61. The van der Waals surface area contributed by atoms with Crippen LogP contribution in [-0.4, -0.2) is 40.1 Å². The molecule has 1 saturated heterocycles. The van der Waals surface area contributed by atoms with Gasteiger partial charge in [0.1, 0.15) is 5.82 Å². The van der Waals surface area contributed by atoms with Crippen LogP contribution in [0.3, 0.4) is 0 Å². The van der Waals surface area contributed by atoms with Crippen molar-refractivity contribution in [2.45, 2.75) is 45.1 Å². The van der Waals surface area contributed by atoms with Crippen LogP contribution in [0.4, 0.5) is 4.39 Å². The van der Waals surface area contributed by atoms with Gasteiger partial charge in [-0.15, -0.1) is 0 Å². The summed E-state index contributed by atoms with van der Waals surface area (Å²) in [7, 11) is 0. The second-order valence-electron chi connectivity index (χ2n) is 7.57. The number of aromatic nitrogens is 1. The zero-order valence-electron chi connectivity index (χ0n) is 14.5. The molecule has 1 aromatic carbocycles. The highest BCUT2D eigenvalue weighted by molar-refractivity contribution is 6.06. The lowest BCUT2D eigenvalue weighted by Crippen LogP contribution is -2.49. The van der Waals surface area contributed by atoms with Crippen molar-refractivity contribution in [2.24, 2.45) is 5.41 Å². The number of carbonyl (C=O) groups is 1. The second kappa shape index (κ2) is 6.06. The van der Waals surface area contributed by atoms with E-state index in [2.05, 4.69) is 4.98 Å². The summed E-state index contributed by atoms with van der Waals surface area (Å²) in [4.78, 5) is 19.5. The van der Waals surface area contributed by atoms with Crippen LogP contribution in [0.15, 0.2) is 24.3 Å². The molecule has 2 heterocycles. The largest absolute Gasteiger partial charge is 0.392 e. The number of pyridine rings is 1. The molecular weight excluding hydrogens is 319 g/mol. The van der Waals surface area contributed by atoms with E-state index in [0.29, 0.717) is 29.6 Å². The number of nitrogens with zero attached hydrogens (tertiary/aromatic N) is 2. The van der Waals surface area contributed by atoms with E-state index in [1.165, 1.54) is 12.1 Å². The highest BCUT2D eigenvalue weighted by Gasteiger charge is 2.45. The molecule has 5 heteroatoms. The van der Waals surface area contributed by atoms with E-state index in [1.54, 1.807) is 12.1 Å².